The van der Waals surface area contributed by atoms with Crippen molar-refractivity contribution in [3.05, 3.63) is 60.0 Å². The minimum absolute atomic E-state index is 0.0604. The zero-order valence-corrected chi connectivity index (χ0v) is 17.8. The molecule has 31 heavy (non-hydrogen) atoms. The fourth-order valence-electron chi connectivity index (χ4n) is 4.28. The van der Waals surface area contributed by atoms with Crippen LogP contribution >= 0.6 is 0 Å². The van der Waals surface area contributed by atoms with Crippen LogP contribution in [0.1, 0.15) is 28.9 Å². The molecule has 3 aromatic rings. The van der Waals surface area contributed by atoms with Crippen molar-refractivity contribution in [3.63, 3.8) is 0 Å². The Labute approximate surface area is 182 Å². The Balaban J connectivity index is 1.27. The van der Waals surface area contributed by atoms with E-state index in [1.807, 2.05) is 54.4 Å². The van der Waals surface area contributed by atoms with Gasteiger partial charge in [0.05, 0.1) is 5.69 Å². The quantitative estimate of drug-likeness (QED) is 0.650. The number of hydrogen-bond acceptors (Lipinski definition) is 6. The Morgan fingerprint density at radius 1 is 0.903 bits per heavy atom. The van der Waals surface area contributed by atoms with Crippen molar-refractivity contribution in [2.24, 2.45) is 0 Å². The van der Waals surface area contributed by atoms with Crippen molar-refractivity contribution >= 4 is 17.7 Å². The normalized spacial score (nSPS) is 16.7. The van der Waals surface area contributed by atoms with Crippen LogP contribution in [-0.2, 0) is 0 Å². The van der Waals surface area contributed by atoms with E-state index in [2.05, 4.69) is 19.9 Å². The summed E-state index contributed by atoms with van der Waals surface area (Å²) in [6, 6.07) is 11.6. The summed E-state index contributed by atoms with van der Waals surface area (Å²) in [6.07, 6.45) is 6.02. The first kappa shape index (κ1) is 19.5. The van der Waals surface area contributed by atoms with Crippen molar-refractivity contribution < 1.29 is 4.79 Å². The van der Waals surface area contributed by atoms with Gasteiger partial charge in [0.25, 0.3) is 5.91 Å². The van der Waals surface area contributed by atoms with Gasteiger partial charge in [-0.05, 0) is 44.0 Å². The molecule has 0 aliphatic carbocycles. The first-order valence-electron chi connectivity index (χ1n) is 10.9. The summed E-state index contributed by atoms with van der Waals surface area (Å²) in [5.41, 5.74) is 2.57. The van der Waals surface area contributed by atoms with E-state index < -0.39 is 0 Å². The van der Waals surface area contributed by atoms with Crippen LogP contribution in [0.5, 0.6) is 0 Å². The van der Waals surface area contributed by atoms with Gasteiger partial charge in [0.1, 0.15) is 5.82 Å². The lowest BCUT2D eigenvalue weighted by atomic mass is 10.1. The molecule has 0 saturated carbocycles. The number of anilines is 2. The Morgan fingerprint density at radius 2 is 1.71 bits per heavy atom. The lowest BCUT2D eigenvalue weighted by Crippen LogP contribution is -2.49. The molecule has 1 aromatic carbocycles. The molecular weight excluding hydrogens is 390 g/mol. The Bertz CT molecular complexity index is 1050. The molecule has 2 aliphatic rings. The second-order valence-corrected chi connectivity index (χ2v) is 8.14. The third-order valence-corrected chi connectivity index (χ3v) is 5.97. The molecule has 1 amide bonds. The van der Waals surface area contributed by atoms with Gasteiger partial charge in [-0.2, -0.15) is 10.1 Å². The number of rotatable bonds is 4. The predicted octanol–water partition coefficient (Wildman–Crippen LogP) is 2.53. The Hall–Kier alpha value is -3.42. The molecule has 2 saturated heterocycles. The lowest BCUT2D eigenvalue weighted by Gasteiger charge is -2.36. The summed E-state index contributed by atoms with van der Waals surface area (Å²) >= 11 is 0. The number of carbonyl (C=O) groups excluding carboxylic acids is 1. The van der Waals surface area contributed by atoms with Gasteiger partial charge >= 0.3 is 0 Å². The maximum Gasteiger partial charge on any atom is 0.254 e. The molecule has 0 N–H and O–H groups in total. The summed E-state index contributed by atoms with van der Waals surface area (Å²) in [6.45, 7) is 6.96. The largest absolute Gasteiger partial charge is 0.353 e. The number of nitrogens with zero attached hydrogens (tertiary/aromatic N) is 7. The fraction of sp³-hybridized carbons (Fsp3) is 0.391. The molecule has 160 valence electrons. The van der Waals surface area contributed by atoms with Gasteiger partial charge in [0.2, 0.25) is 5.95 Å². The highest BCUT2D eigenvalue weighted by molar-refractivity contribution is 5.95. The summed E-state index contributed by atoms with van der Waals surface area (Å²) < 4.78 is 1.77. The number of piperazine rings is 1. The van der Waals surface area contributed by atoms with Crippen molar-refractivity contribution in [2.75, 3.05) is 49.1 Å². The summed E-state index contributed by atoms with van der Waals surface area (Å²) in [5.74, 6) is 1.86. The third kappa shape index (κ3) is 4.10. The monoisotopic (exact) mass is 417 g/mol. The third-order valence-electron chi connectivity index (χ3n) is 5.97. The van der Waals surface area contributed by atoms with Crippen LogP contribution in [0, 0.1) is 6.92 Å². The molecule has 0 bridgehead atoms. The highest BCUT2D eigenvalue weighted by atomic mass is 16.2. The molecule has 2 fully saturated rings. The minimum atomic E-state index is 0.0604. The van der Waals surface area contributed by atoms with Crippen LogP contribution in [0.3, 0.4) is 0 Å². The van der Waals surface area contributed by atoms with Gasteiger partial charge in [-0.3, -0.25) is 4.79 Å². The minimum Gasteiger partial charge on any atom is -0.353 e. The number of hydrogen-bond donors (Lipinski definition) is 0. The number of carbonyl (C=O) groups is 1. The van der Waals surface area contributed by atoms with Crippen LogP contribution in [0.15, 0.2) is 48.8 Å². The predicted molar refractivity (Wildman–Crippen MR) is 120 cm³/mol. The Morgan fingerprint density at radius 3 is 2.45 bits per heavy atom. The van der Waals surface area contributed by atoms with Gasteiger partial charge in [-0.15, -0.1) is 0 Å². The molecule has 0 atom stereocenters. The van der Waals surface area contributed by atoms with Gasteiger partial charge < -0.3 is 14.7 Å². The van der Waals surface area contributed by atoms with Crippen LogP contribution < -0.4 is 9.80 Å². The van der Waals surface area contributed by atoms with E-state index in [4.69, 9.17) is 4.98 Å². The van der Waals surface area contributed by atoms with Gasteiger partial charge in [-0.25, -0.2) is 9.67 Å². The van der Waals surface area contributed by atoms with E-state index in [9.17, 15) is 4.79 Å². The fourth-order valence-corrected chi connectivity index (χ4v) is 4.28. The van der Waals surface area contributed by atoms with Gasteiger partial charge in [-0.1, -0.05) is 6.07 Å². The molecule has 0 unspecified atom stereocenters. The van der Waals surface area contributed by atoms with E-state index in [-0.39, 0.29) is 5.91 Å². The standard InChI is InChI=1S/C23H27N7O/c1-18-16-21(26-23(25-18)29-9-2-3-10-29)27-12-14-28(15-13-27)22(31)19-6-4-7-20(17-19)30-11-5-8-24-30/h4-8,11,16-17H,2-3,9-10,12-15H2,1H3. The Kier molecular flexibility index (Phi) is 5.28. The average Bonchev–Trinajstić information content (AvgIpc) is 3.53. The maximum atomic E-state index is 13.1. The molecule has 2 aliphatic heterocycles. The second kappa shape index (κ2) is 8.37. The molecule has 0 radical (unpaired) electrons. The first-order valence-corrected chi connectivity index (χ1v) is 10.9. The van der Waals surface area contributed by atoms with Crippen LogP contribution in [0.2, 0.25) is 0 Å². The van der Waals surface area contributed by atoms with Crippen molar-refractivity contribution in [2.45, 2.75) is 19.8 Å². The average molecular weight is 418 g/mol. The summed E-state index contributed by atoms with van der Waals surface area (Å²) in [4.78, 5) is 29.0. The van der Waals surface area contributed by atoms with Gasteiger partial charge in [0.15, 0.2) is 0 Å². The molecule has 2 aromatic heterocycles. The van der Waals surface area contributed by atoms with E-state index in [1.54, 1.807) is 10.9 Å². The van der Waals surface area contributed by atoms with Crippen LogP contribution in [0.25, 0.3) is 5.69 Å². The maximum absolute atomic E-state index is 13.1. The summed E-state index contributed by atoms with van der Waals surface area (Å²) in [5, 5.41) is 4.26. The zero-order valence-electron chi connectivity index (χ0n) is 17.8. The van der Waals surface area contributed by atoms with E-state index in [0.29, 0.717) is 18.7 Å². The highest BCUT2D eigenvalue weighted by Crippen LogP contribution is 2.22. The highest BCUT2D eigenvalue weighted by Gasteiger charge is 2.24. The molecule has 8 heteroatoms. The number of aromatic nitrogens is 4. The second-order valence-electron chi connectivity index (χ2n) is 8.14. The molecule has 4 heterocycles. The molecule has 0 spiro atoms. The van der Waals surface area contributed by atoms with Crippen LogP contribution in [0.4, 0.5) is 11.8 Å². The topological polar surface area (TPSA) is 70.4 Å². The number of aryl methyl sites for hydroxylation is 1. The lowest BCUT2D eigenvalue weighted by molar-refractivity contribution is 0.0746. The zero-order chi connectivity index (χ0) is 21.2. The first-order chi connectivity index (χ1) is 15.2. The molecule has 5 rings (SSSR count). The smallest absolute Gasteiger partial charge is 0.254 e. The molecule has 8 nitrogen and oxygen atoms in total. The van der Waals surface area contributed by atoms with Crippen molar-refractivity contribution in [1.82, 2.24) is 24.6 Å². The summed E-state index contributed by atoms with van der Waals surface area (Å²) in [7, 11) is 0. The van der Waals surface area contributed by atoms with E-state index >= 15 is 0 Å². The number of amides is 1. The van der Waals surface area contributed by atoms with Gasteiger partial charge in [0, 0.05) is 69.0 Å². The van der Waals surface area contributed by atoms with Crippen molar-refractivity contribution in [1.29, 1.82) is 0 Å². The van der Waals surface area contributed by atoms with Crippen LogP contribution in [-0.4, -0.2) is 69.8 Å². The van der Waals surface area contributed by atoms with E-state index in [0.717, 1.165) is 49.3 Å². The van der Waals surface area contributed by atoms with Crippen molar-refractivity contribution in [3.8, 4) is 5.69 Å². The number of benzene rings is 1. The van der Waals surface area contributed by atoms with E-state index in [1.165, 1.54) is 12.8 Å². The SMILES string of the molecule is Cc1cc(N2CCN(C(=O)c3cccc(-n4cccn4)c3)CC2)nc(N2CCCC2)n1. The molecular formula is C23H27N7O.